The van der Waals surface area contributed by atoms with E-state index in [2.05, 4.69) is 23.5 Å². The molecule has 0 amide bonds. The third kappa shape index (κ3) is 3.28. The third-order valence-corrected chi connectivity index (χ3v) is 3.84. The predicted octanol–water partition coefficient (Wildman–Crippen LogP) is 4.36. The number of pyridine rings is 2. The Labute approximate surface area is 146 Å². The number of aryl methyl sites for hydroxylation is 1. The first-order chi connectivity index (χ1) is 12.1. The highest BCUT2D eigenvalue weighted by Gasteiger charge is 2.12. The summed E-state index contributed by atoms with van der Waals surface area (Å²) in [6.07, 6.45) is 6.78. The molecule has 0 radical (unpaired) electrons. The van der Waals surface area contributed by atoms with Crippen molar-refractivity contribution in [2.24, 2.45) is 0 Å². The highest BCUT2D eigenvalue weighted by atomic mass is 16.1. The normalized spacial score (nSPS) is 11.3. The largest absolute Gasteiger partial charge is 0.341 e. The lowest BCUT2D eigenvalue weighted by Crippen LogP contribution is -2.14. The number of aromatic nitrogens is 2. The van der Waals surface area contributed by atoms with Crippen molar-refractivity contribution in [2.45, 2.75) is 6.92 Å². The molecular weight excluding hydrogens is 310 g/mol. The number of nitrogens with zero attached hydrogens (tertiary/aromatic N) is 2. The number of fused-ring (bicyclic) bond motifs is 1. The van der Waals surface area contributed by atoms with Crippen LogP contribution in [0.1, 0.15) is 5.69 Å². The van der Waals surface area contributed by atoms with Crippen LogP contribution in [0.2, 0.25) is 0 Å². The minimum atomic E-state index is -0.0841. The summed E-state index contributed by atoms with van der Waals surface area (Å²) in [4.78, 5) is 16.8. The first kappa shape index (κ1) is 16.5. The number of allylic oxidation sites excluding steroid dienone is 3. The van der Waals surface area contributed by atoms with Gasteiger partial charge in [0.05, 0.1) is 10.9 Å². The lowest BCUT2D eigenvalue weighted by Gasteiger charge is -2.18. The fraction of sp³-hybridized carbons (Fsp3) is 0.0476. The highest BCUT2D eigenvalue weighted by molar-refractivity contribution is 5.83. The van der Waals surface area contributed by atoms with Gasteiger partial charge in [0.1, 0.15) is 5.82 Å². The summed E-state index contributed by atoms with van der Waals surface area (Å²) < 4.78 is 2.01. The van der Waals surface area contributed by atoms with Crippen molar-refractivity contribution in [3.05, 3.63) is 102 Å². The SMILES string of the molecule is C=C/C=C(\C=C)Nc1cc(=O)c2cnc(C)cc2n1-c1ccccc1. The summed E-state index contributed by atoms with van der Waals surface area (Å²) in [5.41, 5.74) is 3.26. The molecule has 3 rings (SSSR count). The maximum atomic E-state index is 12.6. The van der Waals surface area contributed by atoms with Gasteiger partial charge in [-0.1, -0.05) is 37.4 Å². The van der Waals surface area contributed by atoms with Crippen LogP contribution in [-0.4, -0.2) is 9.55 Å². The number of anilines is 1. The lowest BCUT2D eigenvalue weighted by molar-refractivity contribution is 1.08. The maximum Gasteiger partial charge on any atom is 0.193 e. The molecule has 4 nitrogen and oxygen atoms in total. The van der Waals surface area contributed by atoms with Crippen molar-refractivity contribution in [3.8, 4) is 5.69 Å². The standard InChI is InChI=1S/C21H19N3O/c1-4-9-16(5-2)23-21-13-20(25)18-14-22-15(3)12-19(18)24(21)17-10-7-6-8-11-17/h4-14,23H,1-2H2,3H3/b16-9+. The van der Waals surface area contributed by atoms with Crippen molar-refractivity contribution in [3.63, 3.8) is 0 Å². The van der Waals surface area contributed by atoms with Crippen molar-refractivity contribution in [2.75, 3.05) is 5.32 Å². The van der Waals surface area contributed by atoms with Crippen LogP contribution in [0.3, 0.4) is 0 Å². The Morgan fingerprint density at radius 3 is 2.64 bits per heavy atom. The Balaban J connectivity index is 2.36. The molecule has 0 aliphatic heterocycles. The first-order valence-electron chi connectivity index (χ1n) is 7.94. The van der Waals surface area contributed by atoms with E-state index >= 15 is 0 Å². The number of para-hydroxylation sites is 1. The van der Waals surface area contributed by atoms with Gasteiger partial charge in [-0.15, -0.1) is 0 Å². The van der Waals surface area contributed by atoms with E-state index < -0.39 is 0 Å². The van der Waals surface area contributed by atoms with Crippen molar-refractivity contribution in [1.82, 2.24) is 9.55 Å². The van der Waals surface area contributed by atoms with Gasteiger partial charge in [-0.05, 0) is 37.3 Å². The molecule has 0 aliphatic rings. The highest BCUT2D eigenvalue weighted by Crippen LogP contribution is 2.23. The first-order valence-corrected chi connectivity index (χ1v) is 7.94. The second-order valence-electron chi connectivity index (χ2n) is 5.59. The number of nitrogens with one attached hydrogen (secondary N) is 1. The van der Waals surface area contributed by atoms with Crippen molar-refractivity contribution < 1.29 is 0 Å². The Hall–Kier alpha value is -3.40. The van der Waals surface area contributed by atoms with Crippen molar-refractivity contribution in [1.29, 1.82) is 0 Å². The molecule has 0 atom stereocenters. The Morgan fingerprint density at radius 2 is 1.96 bits per heavy atom. The predicted molar refractivity (Wildman–Crippen MR) is 104 cm³/mol. The smallest absolute Gasteiger partial charge is 0.193 e. The van der Waals surface area contributed by atoms with Crippen molar-refractivity contribution >= 4 is 16.7 Å². The zero-order valence-corrected chi connectivity index (χ0v) is 14.1. The summed E-state index contributed by atoms with van der Waals surface area (Å²) >= 11 is 0. The molecule has 4 heteroatoms. The Kier molecular flexibility index (Phi) is 4.61. The molecule has 0 fully saturated rings. The van der Waals surface area contributed by atoms with Crippen LogP contribution < -0.4 is 10.7 Å². The molecule has 0 saturated carbocycles. The second-order valence-corrected chi connectivity index (χ2v) is 5.59. The molecule has 1 N–H and O–H groups in total. The van der Waals surface area contributed by atoms with Gasteiger partial charge < -0.3 is 5.32 Å². The maximum absolute atomic E-state index is 12.6. The molecule has 0 unspecified atom stereocenters. The quantitative estimate of drug-likeness (QED) is 0.707. The molecule has 0 saturated heterocycles. The van der Waals surface area contributed by atoms with Crippen LogP contribution in [0.25, 0.3) is 16.6 Å². The second kappa shape index (κ2) is 7.01. The molecular formula is C21H19N3O. The van der Waals surface area contributed by atoms with E-state index in [1.54, 1.807) is 30.5 Å². The lowest BCUT2D eigenvalue weighted by atomic mass is 10.2. The topological polar surface area (TPSA) is 46.9 Å². The van der Waals surface area contributed by atoms with Crippen LogP contribution in [0.15, 0.2) is 90.5 Å². The zero-order chi connectivity index (χ0) is 17.8. The van der Waals surface area contributed by atoms with Gasteiger partial charge in [0, 0.05) is 29.3 Å². The van der Waals surface area contributed by atoms with Gasteiger partial charge in [0.2, 0.25) is 0 Å². The third-order valence-electron chi connectivity index (χ3n) is 3.84. The summed E-state index contributed by atoms with van der Waals surface area (Å²) in [6.45, 7) is 9.42. The van der Waals surface area contributed by atoms with E-state index in [1.807, 2.05) is 47.9 Å². The Morgan fingerprint density at radius 1 is 1.20 bits per heavy atom. The molecule has 0 bridgehead atoms. The van der Waals surface area contributed by atoms with Crippen LogP contribution >= 0.6 is 0 Å². The van der Waals surface area contributed by atoms with E-state index in [-0.39, 0.29) is 5.43 Å². The average Bonchev–Trinajstić information content (AvgIpc) is 2.62. The fourth-order valence-electron chi connectivity index (χ4n) is 2.70. The van der Waals surface area contributed by atoms with E-state index in [4.69, 9.17) is 0 Å². The van der Waals surface area contributed by atoms with Gasteiger partial charge in [-0.3, -0.25) is 14.3 Å². The number of benzene rings is 1. The number of hydrogen-bond donors (Lipinski definition) is 1. The molecule has 2 aromatic heterocycles. The summed E-state index contributed by atoms with van der Waals surface area (Å²) in [7, 11) is 0. The van der Waals surface area contributed by atoms with E-state index in [9.17, 15) is 4.79 Å². The molecule has 3 aromatic rings. The molecule has 1 aromatic carbocycles. The van der Waals surface area contributed by atoms with Gasteiger partial charge in [-0.2, -0.15) is 0 Å². The van der Waals surface area contributed by atoms with Gasteiger partial charge in [-0.25, -0.2) is 0 Å². The summed E-state index contributed by atoms with van der Waals surface area (Å²) in [6, 6.07) is 13.4. The monoisotopic (exact) mass is 329 g/mol. The number of hydrogen-bond acceptors (Lipinski definition) is 3. The minimum Gasteiger partial charge on any atom is -0.341 e. The zero-order valence-electron chi connectivity index (χ0n) is 14.1. The van der Waals surface area contributed by atoms with Gasteiger partial charge in [0.15, 0.2) is 5.43 Å². The van der Waals surface area contributed by atoms with E-state index in [0.717, 1.165) is 22.6 Å². The van der Waals surface area contributed by atoms with Crippen LogP contribution in [0, 0.1) is 6.92 Å². The average molecular weight is 329 g/mol. The molecule has 0 spiro atoms. The van der Waals surface area contributed by atoms with Gasteiger partial charge >= 0.3 is 0 Å². The molecule has 25 heavy (non-hydrogen) atoms. The van der Waals surface area contributed by atoms with Crippen LogP contribution in [0.5, 0.6) is 0 Å². The van der Waals surface area contributed by atoms with Gasteiger partial charge in [0.25, 0.3) is 0 Å². The molecule has 0 aliphatic carbocycles. The van der Waals surface area contributed by atoms with E-state index in [0.29, 0.717) is 11.2 Å². The van der Waals surface area contributed by atoms with Crippen LogP contribution in [-0.2, 0) is 0 Å². The number of rotatable bonds is 5. The molecule has 2 heterocycles. The molecule has 124 valence electrons. The summed E-state index contributed by atoms with van der Waals surface area (Å²) in [5.74, 6) is 0.655. The minimum absolute atomic E-state index is 0.0841. The van der Waals surface area contributed by atoms with Crippen LogP contribution in [0.4, 0.5) is 5.82 Å². The van der Waals surface area contributed by atoms with E-state index in [1.165, 1.54) is 0 Å². The fourth-order valence-corrected chi connectivity index (χ4v) is 2.70. The summed E-state index contributed by atoms with van der Waals surface area (Å²) in [5, 5.41) is 3.84. The Bertz CT molecular complexity index is 1030.